The lowest BCUT2D eigenvalue weighted by Gasteiger charge is -2.20. The second-order valence-electron chi connectivity index (χ2n) is 17.9. The number of amides is 1. The first-order chi connectivity index (χ1) is 29.5. The van der Waals surface area contributed by atoms with Crippen molar-refractivity contribution >= 4 is 11.9 Å². The monoisotopic (exact) mass is 844 g/mol. The van der Waals surface area contributed by atoms with Crippen LogP contribution in [0.4, 0.5) is 0 Å². The van der Waals surface area contributed by atoms with Gasteiger partial charge in [-0.05, 0) is 64.2 Å². The molecule has 0 aromatic carbocycles. The number of carbonyl (C=O) groups excluding carboxylic acids is 2. The van der Waals surface area contributed by atoms with Crippen LogP contribution in [0.25, 0.3) is 0 Å². The van der Waals surface area contributed by atoms with Crippen LogP contribution >= 0.6 is 0 Å². The number of unbranched alkanes of at least 4 members (excludes halogenated alkanes) is 34. The summed E-state index contributed by atoms with van der Waals surface area (Å²) in [6.07, 6.45) is 60.2. The Morgan fingerprint density at radius 3 is 1.23 bits per heavy atom. The zero-order valence-electron chi connectivity index (χ0n) is 39.9. The van der Waals surface area contributed by atoms with Crippen LogP contribution in [0, 0.1) is 0 Å². The molecule has 0 radical (unpaired) electrons. The molecule has 6 nitrogen and oxygen atoms in total. The highest BCUT2D eigenvalue weighted by molar-refractivity contribution is 5.76. The normalized spacial score (nSPS) is 12.9. The third kappa shape index (κ3) is 45.6. The maximum atomic E-state index is 12.4. The van der Waals surface area contributed by atoms with Crippen molar-refractivity contribution in [2.75, 3.05) is 13.2 Å². The van der Waals surface area contributed by atoms with Gasteiger partial charge < -0.3 is 20.3 Å². The Labute approximate surface area is 373 Å². The van der Waals surface area contributed by atoms with Crippen molar-refractivity contribution in [3.8, 4) is 0 Å². The molecule has 0 aliphatic heterocycles. The average Bonchev–Trinajstić information content (AvgIpc) is 3.25. The molecule has 0 fully saturated rings. The molecular formula is C54H101NO5. The molecule has 60 heavy (non-hydrogen) atoms. The lowest BCUT2D eigenvalue weighted by molar-refractivity contribution is -0.143. The Morgan fingerprint density at radius 1 is 0.467 bits per heavy atom. The number of carbonyl (C=O) groups is 2. The minimum atomic E-state index is -0.856. The first kappa shape index (κ1) is 58.1. The van der Waals surface area contributed by atoms with Gasteiger partial charge in [0.1, 0.15) is 0 Å². The molecule has 2 atom stereocenters. The largest absolute Gasteiger partial charge is 0.466 e. The van der Waals surface area contributed by atoms with Crippen LogP contribution in [0.15, 0.2) is 36.5 Å². The maximum absolute atomic E-state index is 12.4. The molecule has 0 heterocycles. The molecule has 0 bridgehead atoms. The fourth-order valence-corrected chi connectivity index (χ4v) is 7.86. The topological polar surface area (TPSA) is 95.9 Å². The standard InChI is InChI=1S/C54H101NO5/c1-3-5-7-9-11-13-14-15-16-17-18-19-22-25-28-32-36-40-44-48-54(59)60-49-45-41-37-33-29-26-23-20-21-24-27-31-35-39-43-47-53(58)55-51(50-56)52(57)46-42-38-34-30-12-10-8-6-4-2/h20,23,26,29,42,46,51-52,56-57H,3-19,21-22,24-25,27-28,30-41,43-45,47-50H2,1-2H3,(H,55,58)/b23-20-,29-26-,46-42+. The number of ether oxygens (including phenoxy) is 1. The Hall–Kier alpha value is -1.92. The van der Waals surface area contributed by atoms with E-state index in [0.717, 1.165) is 77.0 Å². The van der Waals surface area contributed by atoms with Crippen LogP contribution < -0.4 is 5.32 Å². The predicted molar refractivity (Wildman–Crippen MR) is 259 cm³/mol. The Morgan fingerprint density at radius 2 is 0.817 bits per heavy atom. The molecule has 0 aliphatic carbocycles. The number of aliphatic hydroxyl groups excluding tert-OH is 2. The molecule has 0 aromatic heterocycles. The van der Waals surface area contributed by atoms with Crippen LogP contribution in [-0.2, 0) is 14.3 Å². The number of nitrogens with one attached hydrogen (secondary N) is 1. The van der Waals surface area contributed by atoms with Gasteiger partial charge in [-0.1, -0.05) is 230 Å². The average molecular weight is 844 g/mol. The van der Waals surface area contributed by atoms with Crippen LogP contribution in [0.5, 0.6) is 0 Å². The maximum Gasteiger partial charge on any atom is 0.305 e. The minimum Gasteiger partial charge on any atom is -0.466 e. The minimum absolute atomic E-state index is 0.0190. The molecule has 0 spiro atoms. The van der Waals surface area contributed by atoms with Gasteiger partial charge in [0.2, 0.25) is 5.91 Å². The first-order valence-corrected chi connectivity index (χ1v) is 26.3. The Balaban J connectivity index is 3.48. The van der Waals surface area contributed by atoms with E-state index in [2.05, 4.69) is 43.5 Å². The highest BCUT2D eigenvalue weighted by Gasteiger charge is 2.18. The van der Waals surface area contributed by atoms with E-state index in [0.29, 0.717) is 19.4 Å². The quantitative estimate of drug-likeness (QED) is 0.0245. The van der Waals surface area contributed by atoms with Gasteiger partial charge in [0.15, 0.2) is 0 Å². The summed E-state index contributed by atoms with van der Waals surface area (Å²) in [6.45, 7) is 4.82. The smallest absolute Gasteiger partial charge is 0.305 e. The molecule has 0 aromatic rings. The molecule has 0 saturated carbocycles. The molecule has 0 rings (SSSR count). The molecule has 0 saturated heterocycles. The summed E-state index contributed by atoms with van der Waals surface area (Å²) >= 11 is 0. The van der Waals surface area contributed by atoms with Gasteiger partial charge in [0.25, 0.3) is 0 Å². The summed E-state index contributed by atoms with van der Waals surface area (Å²) in [5.41, 5.74) is 0. The van der Waals surface area contributed by atoms with Crippen molar-refractivity contribution < 1.29 is 24.5 Å². The molecule has 2 unspecified atom stereocenters. The van der Waals surface area contributed by atoms with Gasteiger partial charge >= 0.3 is 5.97 Å². The van der Waals surface area contributed by atoms with Crippen LogP contribution in [0.1, 0.15) is 271 Å². The first-order valence-electron chi connectivity index (χ1n) is 26.3. The van der Waals surface area contributed by atoms with Crippen molar-refractivity contribution in [1.82, 2.24) is 5.32 Å². The fourth-order valence-electron chi connectivity index (χ4n) is 7.86. The van der Waals surface area contributed by atoms with Gasteiger partial charge in [-0.3, -0.25) is 9.59 Å². The third-order valence-electron chi connectivity index (χ3n) is 11.9. The van der Waals surface area contributed by atoms with Crippen LogP contribution in [0.3, 0.4) is 0 Å². The summed E-state index contributed by atoms with van der Waals surface area (Å²) in [7, 11) is 0. The van der Waals surface area contributed by atoms with E-state index in [1.54, 1.807) is 6.08 Å². The highest BCUT2D eigenvalue weighted by Crippen LogP contribution is 2.16. The molecule has 3 N–H and O–H groups in total. The summed E-state index contributed by atoms with van der Waals surface area (Å²) in [5.74, 6) is -0.113. The van der Waals surface area contributed by atoms with Gasteiger partial charge in [-0.15, -0.1) is 0 Å². The number of allylic oxidation sites excluding steroid dienone is 5. The number of aliphatic hydroxyl groups is 2. The lowest BCUT2D eigenvalue weighted by Crippen LogP contribution is -2.45. The molecule has 6 heteroatoms. The van der Waals surface area contributed by atoms with Gasteiger partial charge in [0, 0.05) is 12.8 Å². The van der Waals surface area contributed by atoms with Crippen LogP contribution in [-0.4, -0.2) is 47.4 Å². The van der Waals surface area contributed by atoms with Crippen molar-refractivity contribution in [2.45, 2.75) is 283 Å². The molecular weight excluding hydrogens is 743 g/mol. The van der Waals surface area contributed by atoms with Crippen LogP contribution in [0.2, 0.25) is 0 Å². The van der Waals surface area contributed by atoms with E-state index >= 15 is 0 Å². The van der Waals surface area contributed by atoms with E-state index in [4.69, 9.17) is 4.74 Å². The molecule has 0 aliphatic rings. The van der Waals surface area contributed by atoms with Crippen molar-refractivity contribution in [3.63, 3.8) is 0 Å². The highest BCUT2D eigenvalue weighted by atomic mass is 16.5. The third-order valence-corrected chi connectivity index (χ3v) is 11.9. The van der Waals surface area contributed by atoms with Gasteiger partial charge in [0.05, 0.1) is 25.4 Å². The van der Waals surface area contributed by atoms with E-state index in [1.807, 2.05) is 6.08 Å². The molecule has 1 amide bonds. The van der Waals surface area contributed by atoms with E-state index in [-0.39, 0.29) is 18.5 Å². The van der Waals surface area contributed by atoms with Crippen molar-refractivity contribution in [3.05, 3.63) is 36.5 Å². The second kappa shape index (κ2) is 49.7. The Kier molecular flexibility index (Phi) is 48.1. The number of hydrogen-bond donors (Lipinski definition) is 3. The summed E-state index contributed by atoms with van der Waals surface area (Å²) in [6, 6.07) is -0.642. The van der Waals surface area contributed by atoms with Crippen molar-refractivity contribution in [1.29, 1.82) is 0 Å². The number of hydrogen-bond acceptors (Lipinski definition) is 5. The van der Waals surface area contributed by atoms with E-state index in [9.17, 15) is 19.8 Å². The SMILES string of the molecule is CCCCCCCCC/C=C/C(O)C(CO)NC(=O)CCCCCCCC/C=C\C=C/CCCCCOC(=O)CCCCCCCCCCCCCCCCCCCCC. The summed E-state index contributed by atoms with van der Waals surface area (Å²) < 4.78 is 5.46. The Bertz CT molecular complexity index is 977. The van der Waals surface area contributed by atoms with Gasteiger partial charge in [-0.2, -0.15) is 0 Å². The zero-order valence-corrected chi connectivity index (χ0v) is 39.9. The number of rotatable bonds is 48. The molecule has 352 valence electrons. The number of esters is 1. The summed E-state index contributed by atoms with van der Waals surface area (Å²) in [5, 5.41) is 22.9. The van der Waals surface area contributed by atoms with Crippen molar-refractivity contribution in [2.24, 2.45) is 0 Å². The zero-order chi connectivity index (χ0) is 43.7. The van der Waals surface area contributed by atoms with E-state index in [1.165, 1.54) is 167 Å². The summed E-state index contributed by atoms with van der Waals surface area (Å²) in [4.78, 5) is 24.4. The van der Waals surface area contributed by atoms with Gasteiger partial charge in [-0.25, -0.2) is 0 Å². The second-order valence-corrected chi connectivity index (χ2v) is 17.9. The lowest BCUT2D eigenvalue weighted by atomic mass is 10.0. The predicted octanol–water partition coefficient (Wildman–Crippen LogP) is 15.7. The fraction of sp³-hybridized carbons (Fsp3) is 0.852. The van der Waals surface area contributed by atoms with E-state index < -0.39 is 12.1 Å².